The van der Waals surface area contributed by atoms with Gasteiger partial charge in [-0.3, -0.25) is 4.74 Å². The summed E-state index contributed by atoms with van der Waals surface area (Å²) in [7, 11) is 0. The lowest BCUT2D eigenvalue weighted by atomic mass is 9.75. The highest BCUT2D eigenvalue weighted by atomic mass is 19.4. The molecule has 72 valence electrons. The molecule has 0 aromatic rings. The Hall–Kier alpha value is -0.250. The molecule has 1 aliphatic rings. The lowest BCUT2D eigenvalue weighted by molar-refractivity contribution is -0.355. The van der Waals surface area contributed by atoms with Crippen molar-refractivity contribution in [2.75, 3.05) is 0 Å². The van der Waals surface area contributed by atoms with Crippen LogP contribution in [0.5, 0.6) is 0 Å². The first kappa shape index (κ1) is 9.84. The molecule has 1 nitrogen and oxygen atoms in total. The summed E-state index contributed by atoms with van der Waals surface area (Å²) in [6.07, 6.45) is -3.93. The third kappa shape index (κ3) is 2.66. The van der Waals surface area contributed by atoms with E-state index in [1.54, 1.807) is 0 Å². The molecular weight excluding hydrogens is 169 g/mol. The van der Waals surface area contributed by atoms with Gasteiger partial charge in [0, 0.05) is 0 Å². The maximum absolute atomic E-state index is 11.6. The fourth-order valence-electron chi connectivity index (χ4n) is 1.44. The quantitative estimate of drug-likeness (QED) is 0.638. The van der Waals surface area contributed by atoms with E-state index >= 15 is 0 Å². The summed E-state index contributed by atoms with van der Waals surface area (Å²) in [6, 6.07) is 0. The Morgan fingerprint density at radius 2 is 1.75 bits per heavy atom. The summed E-state index contributed by atoms with van der Waals surface area (Å²) in [5.41, 5.74) is 0. The van der Waals surface area contributed by atoms with Crippen molar-refractivity contribution in [1.82, 2.24) is 0 Å². The lowest BCUT2D eigenvalue weighted by Gasteiger charge is -2.37. The Morgan fingerprint density at radius 3 is 2.08 bits per heavy atom. The third-order valence-corrected chi connectivity index (χ3v) is 2.37. The van der Waals surface area contributed by atoms with Gasteiger partial charge in [-0.25, -0.2) is 0 Å². The molecule has 0 unspecified atom stereocenters. The molecule has 0 saturated heterocycles. The minimum absolute atomic E-state index is 0.414. The molecule has 0 radical (unpaired) electrons. The largest absolute Gasteiger partial charge is 0.522 e. The molecule has 0 aromatic carbocycles. The Bertz CT molecular complexity index is 147. The maximum atomic E-state index is 11.6. The van der Waals surface area contributed by atoms with Crippen molar-refractivity contribution in [3.8, 4) is 0 Å². The van der Waals surface area contributed by atoms with Crippen LogP contribution in [0.15, 0.2) is 0 Å². The predicted molar refractivity (Wildman–Crippen MR) is 38.5 cm³/mol. The Morgan fingerprint density at radius 1 is 1.25 bits per heavy atom. The highest BCUT2D eigenvalue weighted by Gasteiger charge is 2.40. The number of halogens is 3. The molecule has 0 aromatic heterocycles. The van der Waals surface area contributed by atoms with Crippen molar-refractivity contribution in [3.05, 3.63) is 0 Å². The van der Waals surface area contributed by atoms with Gasteiger partial charge >= 0.3 is 6.36 Å². The van der Waals surface area contributed by atoms with E-state index in [-0.39, 0.29) is 0 Å². The first-order chi connectivity index (χ1) is 5.38. The van der Waals surface area contributed by atoms with Crippen molar-refractivity contribution in [2.24, 2.45) is 11.8 Å². The highest BCUT2D eigenvalue weighted by Crippen LogP contribution is 2.38. The summed E-state index contributed by atoms with van der Waals surface area (Å²) in [4.78, 5) is 0. The van der Waals surface area contributed by atoms with Gasteiger partial charge in [0.2, 0.25) is 0 Å². The van der Waals surface area contributed by atoms with E-state index < -0.39 is 12.5 Å². The summed E-state index contributed by atoms with van der Waals surface area (Å²) >= 11 is 0. The van der Waals surface area contributed by atoms with Crippen LogP contribution in [0.4, 0.5) is 13.2 Å². The molecule has 0 atom stereocenters. The van der Waals surface area contributed by atoms with E-state index in [9.17, 15) is 13.2 Å². The minimum Gasteiger partial charge on any atom is -0.289 e. The van der Waals surface area contributed by atoms with E-state index in [0.29, 0.717) is 24.7 Å². The van der Waals surface area contributed by atoms with Crippen LogP contribution < -0.4 is 0 Å². The second-order valence-corrected chi connectivity index (χ2v) is 3.66. The van der Waals surface area contributed by atoms with Crippen molar-refractivity contribution < 1.29 is 17.9 Å². The van der Waals surface area contributed by atoms with Gasteiger partial charge in [-0.2, -0.15) is 0 Å². The molecule has 0 N–H and O–H groups in total. The van der Waals surface area contributed by atoms with Gasteiger partial charge in [-0.1, -0.05) is 13.8 Å². The summed E-state index contributed by atoms with van der Waals surface area (Å²) in [6.45, 7) is 4.04. The van der Waals surface area contributed by atoms with Gasteiger partial charge < -0.3 is 0 Å². The summed E-state index contributed by atoms with van der Waals surface area (Å²) < 4.78 is 38.8. The molecule has 1 fully saturated rings. The molecule has 0 aliphatic heterocycles. The van der Waals surface area contributed by atoms with Crippen molar-refractivity contribution in [1.29, 1.82) is 0 Å². The van der Waals surface area contributed by atoms with Crippen LogP contribution in [-0.4, -0.2) is 12.5 Å². The van der Waals surface area contributed by atoms with E-state index in [4.69, 9.17) is 0 Å². The number of alkyl halides is 3. The number of rotatable bonds is 2. The second kappa shape index (κ2) is 3.24. The molecule has 4 heteroatoms. The molecule has 1 rings (SSSR count). The molecule has 1 aliphatic carbocycles. The lowest BCUT2D eigenvalue weighted by Crippen LogP contribution is -2.37. The maximum Gasteiger partial charge on any atom is 0.522 e. The summed E-state index contributed by atoms with van der Waals surface area (Å²) in [5, 5.41) is 0. The topological polar surface area (TPSA) is 9.23 Å². The molecule has 0 spiro atoms. The molecule has 0 amide bonds. The first-order valence-electron chi connectivity index (χ1n) is 4.13. The van der Waals surface area contributed by atoms with Gasteiger partial charge in [0.05, 0.1) is 6.10 Å². The smallest absolute Gasteiger partial charge is 0.289 e. The van der Waals surface area contributed by atoms with E-state index in [0.717, 1.165) is 0 Å². The molecule has 12 heavy (non-hydrogen) atoms. The Kier molecular flexibility index (Phi) is 2.66. The number of hydrogen-bond acceptors (Lipinski definition) is 1. The minimum atomic E-state index is -4.45. The number of hydrogen-bond donors (Lipinski definition) is 0. The van der Waals surface area contributed by atoms with Crippen LogP contribution in [0, 0.1) is 11.8 Å². The fourth-order valence-corrected chi connectivity index (χ4v) is 1.44. The second-order valence-electron chi connectivity index (χ2n) is 3.66. The fraction of sp³-hybridized carbons (Fsp3) is 1.00. The third-order valence-electron chi connectivity index (χ3n) is 2.37. The SMILES string of the molecule is CC(C)[C@H]1C[C@@H](OC(F)(F)F)C1. The Balaban J connectivity index is 2.18. The van der Waals surface area contributed by atoms with Gasteiger partial charge in [-0.05, 0) is 24.7 Å². The molecule has 1 saturated carbocycles. The van der Waals surface area contributed by atoms with Crippen LogP contribution in [0.1, 0.15) is 26.7 Å². The normalized spacial score (nSPS) is 30.5. The Labute approximate surface area is 69.9 Å². The van der Waals surface area contributed by atoms with Crippen LogP contribution in [0.2, 0.25) is 0 Å². The van der Waals surface area contributed by atoms with Gasteiger partial charge in [-0.15, -0.1) is 13.2 Å². The van der Waals surface area contributed by atoms with E-state index in [1.165, 1.54) is 0 Å². The van der Waals surface area contributed by atoms with Crippen LogP contribution in [0.25, 0.3) is 0 Å². The molecule has 0 bridgehead atoms. The van der Waals surface area contributed by atoms with Crippen molar-refractivity contribution >= 4 is 0 Å². The van der Waals surface area contributed by atoms with Crippen LogP contribution in [-0.2, 0) is 4.74 Å². The standard InChI is InChI=1S/C8H13F3O/c1-5(2)6-3-7(4-6)12-8(9,10)11/h5-7H,3-4H2,1-2H3/t6-,7+. The van der Waals surface area contributed by atoms with Crippen molar-refractivity contribution in [3.63, 3.8) is 0 Å². The van der Waals surface area contributed by atoms with Crippen LogP contribution >= 0.6 is 0 Å². The molecular formula is C8H13F3O. The molecule has 0 heterocycles. The first-order valence-corrected chi connectivity index (χ1v) is 4.13. The van der Waals surface area contributed by atoms with E-state index in [1.807, 2.05) is 13.8 Å². The predicted octanol–water partition coefficient (Wildman–Crippen LogP) is 2.96. The zero-order chi connectivity index (χ0) is 9.35. The van der Waals surface area contributed by atoms with Gasteiger partial charge in [0.15, 0.2) is 0 Å². The number of ether oxygens (including phenoxy) is 1. The zero-order valence-electron chi connectivity index (χ0n) is 7.19. The highest BCUT2D eigenvalue weighted by molar-refractivity contribution is 4.82. The van der Waals surface area contributed by atoms with Gasteiger partial charge in [0.25, 0.3) is 0 Å². The zero-order valence-corrected chi connectivity index (χ0v) is 7.19. The average Bonchev–Trinajstić information content (AvgIpc) is 1.74. The van der Waals surface area contributed by atoms with Crippen molar-refractivity contribution in [2.45, 2.75) is 39.2 Å². The van der Waals surface area contributed by atoms with E-state index in [2.05, 4.69) is 4.74 Å². The monoisotopic (exact) mass is 182 g/mol. The average molecular weight is 182 g/mol. The van der Waals surface area contributed by atoms with Gasteiger partial charge in [0.1, 0.15) is 0 Å². The van der Waals surface area contributed by atoms with Crippen LogP contribution in [0.3, 0.4) is 0 Å². The summed E-state index contributed by atoms with van der Waals surface area (Å²) in [5.74, 6) is 0.885.